The third kappa shape index (κ3) is 4.18. The highest BCUT2D eigenvalue weighted by atomic mass is 16.3. The van der Waals surface area contributed by atoms with Gasteiger partial charge in [0.05, 0.1) is 11.8 Å². The Labute approximate surface area is 127 Å². The lowest BCUT2D eigenvalue weighted by Gasteiger charge is -2.20. The van der Waals surface area contributed by atoms with Gasteiger partial charge in [0, 0.05) is 46.3 Å². The summed E-state index contributed by atoms with van der Waals surface area (Å²) in [6, 6.07) is 0. The van der Waals surface area contributed by atoms with E-state index >= 15 is 0 Å². The number of aryl methyl sites for hydroxylation is 2. The smallest absolute Gasteiger partial charge is 0.130 e. The summed E-state index contributed by atoms with van der Waals surface area (Å²) in [7, 11) is 6.03. The Balaban J connectivity index is 1.82. The molecule has 0 spiro atoms. The van der Waals surface area contributed by atoms with E-state index in [9.17, 15) is 5.11 Å². The highest BCUT2D eigenvalue weighted by Gasteiger charge is 2.17. The van der Waals surface area contributed by atoms with Crippen molar-refractivity contribution in [1.29, 1.82) is 0 Å². The molecule has 0 aliphatic carbocycles. The van der Waals surface area contributed by atoms with Crippen molar-refractivity contribution < 1.29 is 5.11 Å². The van der Waals surface area contributed by atoms with Crippen molar-refractivity contribution in [3.63, 3.8) is 0 Å². The van der Waals surface area contributed by atoms with Crippen LogP contribution in [0.3, 0.4) is 0 Å². The van der Waals surface area contributed by atoms with Crippen LogP contribution >= 0.6 is 0 Å². The second kappa shape index (κ2) is 7.24. The van der Waals surface area contributed by atoms with Crippen molar-refractivity contribution in [2.75, 3.05) is 45.2 Å². The minimum absolute atomic E-state index is 0.303. The molecule has 1 fully saturated rings. The summed E-state index contributed by atoms with van der Waals surface area (Å²) < 4.78 is 1.91. The first-order chi connectivity index (χ1) is 9.99. The molecule has 2 rings (SSSR count). The van der Waals surface area contributed by atoms with Crippen molar-refractivity contribution in [3.05, 3.63) is 11.3 Å². The maximum atomic E-state index is 10.1. The van der Waals surface area contributed by atoms with Crippen LogP contribution in [0.4, 0.5) is 5.82 Å². The Morgan fingerprint density at radius 1 is 1.33 bits per heavy atom. The molecular weight excluding hydrogens is 266 g/mol. The number of rotatable bonds is 7. The van der Waals surface area contributed by atoms with Gasteiger partial charge in [-0.1, -0.05) is 0 Å². The maximum absolute atomic E-state index is 10.1. The summed E-state index contributed by atoms with van der Waals surface area (Å²) in [6.07, 6.45) is 2.23. The molecule has 1 aliphatic rings. The number of nitrogens with zero attached hydrogens (tertiary/aromatic N) is 4. The minimum Gasteiger partial charge on any atom is -0.390 e. The molecule has 1 aromatic heterocycles. The molecule has 0 bridgehead atoms. The van der Waals surface area contributed by atoms with Crippen LogP contribution in [-0.4, -0.2) is 66.2 Å². The van der Waals surface area contributed by atoms with Crippen LogP contribution in [0.15, 0.2) is 0 Å². The number of aliphatic hydroxyl groups excluding tert-OH is 1. The molecule has 1 aliphatic heterocycles. The fourth-order valence-corrected chi connectivity index (χ4v) is 3.15. The number of anilines is 1. The Bertz CT molecular complexity index is 451. The molecule has 0 saturated carbocycles. The fourth-order valence-electron chi connectivity index (χ4n) is 3.15. The summed E-state index contributed by atoms with van der Waals surface area (Å²) in [6.45, 7) is 6.43. The van der Waals surface area contributed by atoms with E-state index in [1.165, 1.54) is 18.4 Å². The molecule has 1 saturated heterocycles. The molecule has 1 aromatic rings. The van der Waals surface area contributed by atoms with Gasteiger partial charge < -0.3 is 20.2 Å². The molecule has 0 radical (unpaired) electrons. The van der Waals surface area contributed by atoms with E-state index in [0.29, 0.717) is 6.54 Å². The van der Waals surface area contributed by atoms with Crippen molar-refractivity contribution >= 4 is 5.82 Å². The van der Waals surface area contributed by atoms with Gasteiger partial charge in [0.2, 0.25) is 0 Å². The average molecular weight is 295 g/mol. The standard InChI is InChI=1S/C15H29N5O/c1-12-14(15(18(2)3)19(4)17-12)10-16-9-13(21)11-20-7-5-6-8-20/h13,16,21H,5-11H2,1-4H3. The van der Waals surface area contributed by atoms with Gasteiger partial charge in [-0.3, -0.25) is 4.68 Å². The van der Waals surface area contributed by atoms with E-state index in [2.05, 4.69) is 20.2 Å². The van der Waals surface area contributed by atoms with Crippen LogP contribution in [0.5, 0.6) is 0 Å². The zero-order valence-corrected chi connectivity index (χ0v) is 13.8. The van der Waals surface area contributed by atoms with Gasteiger partial charge in [0.25, 0.3) is 0 Å². The maximum Gasteiger partial charge on any atom is 0.130 e. The molecule has 1 unspecified atom stereocenters. The molecule has 6 nitrogen and oxygen atoms in total. The Morgan fingerprint density at radius 3 is 2.62 bits per heavy atom. The Morgan fingerprint density at radius 2 is 2.00 bits per heavy atom. The van der Waals surface area contributed by atoms with Crippen LogP contribution in [0.1, 0.15) is 24.1 Å². The predicted octanol–water partition coefficient (Wildman–Crippen LogP) is 0.341. The van der Waals surface area contributed by atoms with Gasteiger partial charge >= 0.3 is 0 Å². The van der Waals surface area contributed by atoms with Crippen LogP contribution in [0.25, 0.3) is 0 Å². The number of nitrogens with one attached hydrogen (secondary N) is 1. The van der Waals surface area contributed by atoms with E-state index in [0.717, 1.165) is 37.7 Å². The molecule has 0 aromatic carbocycles. The zero-order chi connectivity index (χ0) is 15.4. The summed E-state index contributed by atoms with van der Waals surface area (Å²) in [4.78, 5) is 4.42. The van der Waals surface area contributed by atoms with E-state index in [1.54, 1.807) is 0 Å². The van der Waals surface area contributed by atoms with Crippen molar-refractivity contribution in [1.82, 2.24) is 20.0 Å². The first-order valence-electron chi connectivity index (χ1n) is 7.80. The highest BCUT2D eigenvalue weighted by molar-refractivity contribution is 5.48. The number of aromatic nitrogens is 2. The van der Waals surface area contributed by atoms with Gasteiger partial charge in [0.1, 0.15) is 5.82 Å². The second-order valence-electron chi connectivity index (χ2n) is 6.20. The summed E-state index contributed by atoms with van der Waals surface area (Å²) in [5.74, 6) is 1.12. The van der Waals surface area contributed by atoms with Crippen molar-refractivity contribution in [3.8, 4) is 0 Å². The minimum atomic E-state index is -0.303. The van der Waals surface area contributed by atoms with Gasteiger partial charge in [-0.15, -0.1) is 0 Å². The molecular formula is C15H29N5O. The lowest BCUT2D eigenvalue weighted by Crippen LogP contribution is -2.37. The third-order valence-corrected chi connectivity index (χ3v) is 4.09. The van der Waals surface area contributed by atoms with Gasteiger partial charge in [0.15, 0.2) is 0 Å². The Hall–Kier alpha value is -1.11. The van der Waals surface area contributed by atoms with Crippen molar-refractivity contribution in [2.24, 2.45) is 7.05 Å². The van der Waals surface area contributed by atoms with E-state index in [-0.39, 0.29) is 6.10 Å². The fraction of sp³-hybridized carbons (Fsp3) is 0.800. The van der Waals surface area contributed by atoms with Gasteiger partial charge in [-0.05, 0) is 32.9 Å². The lowest BCUT2D eigenvalue weighted by atomic mass is 10.2. The molecule has 120 valence electrons. The average Bonchev–Trinajstić information content (AvgIpc) is 2.98. The van der Waals surface area contributed by atoms with Crippen molar-refractivity contribution in [2.45, 2.75) is 32.4 Å². The normalized spacial score (nSPS) is 17.4. The van der Waals surface area contributed by atoms with Crippen LogP contribution in [0.2, 0.25) is 0 Å². The largest absolute Gasteiger partial charge is 0.390 e. The molecule has 2 N–H and O–H groups in total. The monoisotopic (exact) mass is 295 g/mol. The molecule has 0 amide bonds. The number of hydrogen-bond acceptors (Lipinski definition) is 5. The first-order valence-corrected chi connectivity index (χ1v) is 7.80. The predicted molar refractivity (Wildman–Crippen MR) is 85.7 cm³/mol. The van der Waals surface area contributed by atoms with Gasteiger partial charge in [-0.25, -0.2) is 0 Å². The summed E-state index contributed by atoms with van der Waals surface area (Å²) in [5, 5.41) is 18.0. The summed E-state index contributed by atoms with van der Waals surface area (Å²) in [5.41, 5.74) is 2.25. The van der Waals surface area contributed by atoms with E-state index < -0.39 is 0 Å². The Kier molecular flexibility index (Phi) is 5.61. The number of β-amino-alcohol motifs (C(OH)–C–C–N with tert-alkyl or cyclic N) is 1. The highest BCUT2D eigenvalue weighted by Crippen LogP contribution is 2.20. The third-order valence-electron chi connectivity index (χ3n) is 4.09. The molecule has 1 atom stereocenters. The number of likely N-dealkylation sites (tertiary alicyclic amines) is 1. The van der Waals surface area contributed by atoms with Gasteiger partial charge in [-0.2, -0.15) is 5.10 Å². The second-order valence-corrected chi connectivity index (χ2v) is 6.20. The summed E-state index contributed by atoms with van der Waals surface area (Å²) >= 11 is 0. The van der Waals surface area contributed by atoms with E-state index in [4.69, 9.17) is 0 Å². The zero-order valence-electron chi connectivity index (χ0n) is 13.8. The van der Waals surface area contributed by atoms with Crippen LogP contribution < -0.4 is 10.2 Å². The SMILES string of the molecule is Cc1nn(C)c(N(C)C)c1CNCC(O)CN1CCCC1. The van der Waals surface area contributed by atoms with E-state index in [1.807, 2.05) is 32.7 Å². The van der Waals surface area contributed by atoms with Crippen LogP contribution in [-0.2, 0) is 13.6 Å². The molecule has 21 heavy (non-hydrogen) atoms. The number of hydrogen-bond donors (Lipinski definition) is 2. The topological polar surface area (TPSA) is 56.6 Å². The van der Waals surface area contributed by atoms with Crippen LogP contribution in [0, 0.1) is 6.92 Å². The quantitative estimate of drug-likeness (QED) is 0.760. The molecule has 6 heteroatoms. The number of aliphatic hydroxyl groups is 1. The lowest BCUT2D eigenvalue weighted by molar-refractivity contribution is 0.123. The first kappa shape index (κ1) is 16.3. The molecule has 2 heterocycles.